The van der Waals surface area contributed by atoms with Crippen molar-refractivity contribution in [1.82, 2.24) is 10.2 Å². The summed E-state index contributed by atoms with van der Waals surface area (Å²) in [5, 5.41) is 2.79. The third-order valence-electron chi connectivity index (χ3n) is 4.21. The number of furan rings is 2. The van der Waals surface area contributed by atoms with Gasteiger partial charge >= 0.3 is 0 Å². The van der Waals surface area contributed by atoms with Gasteiger partial charge in [0.15, 0.2) is 5.76 Å². The summed E-state index contributed by atoms with van der Waals surface area (Å²) < 4.78 is 11.0. The zero-order valence-electron chi connectivity index (χ0n) is 15.1. The second-order valence-corrected chi connectivity index (χ2v) is 6.51. The maximum Gasteiger partial charge on any atom is 0.287 e. The van der Waals surface area contributed by atoms with Gasteiger partial charge in [-0.15, -0.1) is 0 Å². The first-order chi connectivity index (χ1) is 12.6. The van der Waals surface area contributed by atoms with E-state index in [0.717, 1.165) is 12.3 Å². The highest BCUT2D eigenvalue weighted by atomic mass is 16.4. The van der Waals surface area contributed by atoms with E-state index in [-0.39, 0.29) is 5.91 Å². The number of carbonyl (C=O) groups is 1. The van der Waals surface area contributed by atoms with Crippen molar-refractivity contribution in [3.05, 3.63) is 83.7 Å². The van der Waals surface area contributed by atoms with E-state index in [1.165, 1.54) is 5.56 Å². The van der Waals surface area contributed by atoms with Crippen LogP contribution in [0.25, 0.3) is 0 Å². The molecule has 0 spiro atoms. The second kappa shape index (κ2) is 8.54. The normalized spacial score (nSPS) is 11.2. The van der Waals surface area contributed by atoms with Crippen LogP contribution in [0.3, 0.4) is 0 Å². The molecule has 0 radical (unpaired) electrons. The first-order valence-electron chi connectivity index (χ1n) is 8.79. The van der Waals surface area contributed by atoms with Gasteiger partial charge in [-0.3, -0.25) is 9.69 Å². The van der Waals surface area contributed by atoms with Crippen molar-refractivity contribution in [3.63, 3.8) is 0 Å². The van der Waals surface area contributed by atoms with Crippen LogP contribution in [0.5, 0.6) is 0 Å². The fraction of sp³-hybridized carbons (Fsp3) is 0.286. The van der Waals surface area contributed by atoms with Gasteiger partial charge in [-0.05, 0) is 43.7 Å². The van der Waals surface area contributed by atoms with Crippen LogP contribution < -0.4 is 5.32 Å². The quantitative estimate of drug-likeness (QED) is 0.660. The van der Waals surface area contributed by atoms with Gasteiger partial charge in [0, 0.05) is 12.6 Å². The molecule has 26 heavy (non-hydrogen) atoms. The summed E-state index contributed by atoms with van der Waals surface area (Å²) in [4.78, 5) is 14.5. The predicted molar refractivity (Wildman–Crippen MR) is 99.4 cm³/mol. The minimum Gasteiger partial charge on any atom is -0.467 e. The fourth-order valence-corrected chi connectivity index (χ4v) is 2.69. The Morgan fingerprint density at radius 2 is 1.81 bits per heavy atom. The molecule has 0 aliphatic carbocycles. The van der Waals surface area contributed by atoms with Crippen LogP contribution in [0.15, 0.2) is 69.7 Å². The Bertz CT molecular complexity index is 807. The van der Waals surface area contributed by atoms with E-state index in [4.69, 9.17) is 8.83 Å². The lowest BCUT2D eigenvalue weighted by molar-refractivity contribution is 0.0915. The monoisotopic (exact) mass is 352 g/mol. The van der Waals surface area contributed by atoms with Gasteiger partial charge in [-0.1, -0.05) is 30.3 Å². The lowest BCUT2D eigenvalue weighted by atomic mass is 10.2. The van der Waals surface area contributed by atoms with Crippen molar-refractivity contribution in [1.29, 1.82) is 0 Å². The summed E-state index contributed by atoms with van der Waals surface area (Å²) in [5.41, 5.74) is 1.25. The molecule has 5 nitrogen and oxygen atoms in total. The smallest absolute Gasteiger partial charge is 0.287 e. The molecule has 0 bridgehead atoms. The Kier molecular flexibility index (Phi) is 5.92. The highest BCUT2D eigenvalue weighted by Gasteiger charge is 2.16. The Labute approximate surface area is 153 Å². The summed E-state index contributed by atoms with van der Waals surface area (Å²) in [7, 11) is 0. The van der Waals surface area contributed by atoms with Gasteiger partial charge in [0.05, 0.1) is 19.4 Å². The van der Waals surface area contributed by atoms with Gasteiger partial charge in [0.1, 0.15) is 11.5 Å². The number of amides is 1. The maximum absolute atomic E-state index is 12.2. The summed E-state index contributed by atoms with van der Waals surface area (Å²) in [5.74, 6) is 1.55. The number of nitrogens with zero attached hydrogens (tertiary/aromatic N) is 1. The lowest BCUT2D eigenvalue weighted by Gasteiger charge is -2.25. The summed E-state index contributed by atoms with van der Waals surface area (Å²) in [6.07, 6.45) is 1.58. The zero-order chi connectivity index (χ0) is 18.4. The van der Waals surface area contributed by atoms with E-state index in [1.807, 2.05) is 30.3 Å². The highest BCUT2D eigenvalue weighted by molar-refractivity contribution is 5.91. The van der Waals surface area contributed by atoms with E-state index in [1.54, 1.807) is 18.4 Å². The van der Waals surface area contributed by atoms with Gasteiger partial charge < -0.3 is 14.2 Å². The van der Waals surface area contributed by atoms with Crippen LogP contribution in [0.4, 0.5) is 0 Å². The first-order valence-corrected chi connectivity index (χ1v) is 8.79. The van der Waals surface area contributed by atoms with Crippen LogP contribution in [0.2, 0.25) is 0 Å². The van der Waals surface area contributed by atoms with Crippen molar-refractivity contribution in [2.24, 2.45) is 0 Å². The SMILES string of the molecule is CC(C)N(Cc1ccccc1)Cc1ccc(C(=O)NCc2ccco2)o1. The molecule has 0 atom stereocenters. The van der Waals surface area contributed by atoms with E-state index in [2.05, 4.69) is 36.2 Å². The van der Waals surface area contributed by atoms with Gasteiger partial charge in [0.25, 0.3) is 5.91 Å². The van der Waals surface area contributed by atoms with Crippen LogP contribution in [-0.2, 0) is 19.6 Å². The van der Waals surface area contributed by atoms with Crippen LogP contribution in [0.1, 0.15) is 41.5 Å². The molecule has 3 aromatic rings. The number of hydrogen-bond acceptors (Lipinski definition) is 4. The molecule has 136 valence electrons. The third kappa shape index (κ3) is 4.86. The molecule has 1 amide bonds. The minimum absolute atomic E-state index is 0.244. The summed E-state index contributed by atoms with van der Waals surface area (Å²) in [6, 6.07) is 17.9. The van der Waals surface area contributed by atoms with Crippen LogP contribution in [0, 0.1) is 0 Å². The van der Waals surface area contributed by atoms with Crippen molar-refractivity contribution < 1.29 is 13.6 Å². The Morgan fingerprint density at radius 1 is 1.00 bits per heavy atom. The molecule has 0 saturated heterocycles. The predicted octanol–water partition coefficient (Wildman–Crippen LogP) is 4.21. The van der Waals surface area contributed by atoms with Crippen molar-refractivity contribution in [2.45, 2.75) is 39.5 Å². The Balaban J connectivity index is 1.59. The Morgan fingerprint density at radius 3 is 2.50 bits per heavy atom. The lowest BCUT2D eigenvalue weighted by Crippen LogP contribution is -2.29. The van der Waals surface area contributed by atoms with Gasteiger partial charge in [-0.25, -0.2) is 0 Å². The zero-order valence-corrected chi connectivity index (χ0v) is 15.1. The second-order valence-electron chi connectivity index (χ2n) is 6.51. The number of nitrogens with one attached hydrogen (secondary N) is 1. The minimum atomic E-state index is -0.244. The first kappa shape index (κ1) is 18.0. The number of benzene rings is 1. The molecule has 2 heterocycles. The molecular weight excluding hydrogens is 328 g/mol. The number of hydrogen-bond donors (Lipinski definition) is 1. The average molecular weight is 352 g/mol. The molecule has 0 fully saturated rings. The third-order valence-corrected chi connectivity index (χ3v) is 4.21. The molecule has 5 heteroatoms. The molecular formula is C21H24N2O3. The maximum atomic E-state index is 12.2. The van der Waals surface area contributed by atoms with E-state index in [0.29, 0.717) is 30.7 Å². The van der Waals surface area contributed by atoms with Crippen molar-refractivity contribution in [3.8, 4) is 0 Å². The molecule has 0 unspecified atom stereocenters. The molecule has 3 rings (SSSR count). The fourth-order valence-electron chi connectivity index (χ4n) is 2.69. The van der Waals surface area contributed by atoms with Crippen LogP contribution >= 0.6 is 0 Å². The van der Waals surface area contributed by atoms with Crippen molar-refractivity contribution >= 4 is 5.91 Å². The number of rotatable bonds is 8. The largest absolute Gasteiger partial charge is 0.467 e. The molecule has 1 aromatic carbocycles. The number of carbonyl (C=O) groups excluding carboxylic acids is 1. The van der Waals surface area contributed by atoms with Crippen LogP contribution in [-0.4, -0.2) is 16.8 Å². The molecule has 0 aliphatic heterocycles. The van der Waals surface area contributed by atoms with E-state index in [9.17, 15) is 4.79 Å². The van der Waals surface area contributed by atoms with Gasteiger partial charge in [0.2, 0.25) is 0 Å². The van der Waals surface area contributed by atoms with E-state index >= 15 is 0 Å². The molecule has 1 N–H and O–H groups in total. The molecule has 0 saturated carbocycles. The van der Waals surface area contributed by atoms with Crippen molar-refractivity contribution in [2.75, 3.05) is 0 Å². The molecule has 0 aliphatic rings. The average Bonchev–Trinajstić information content (AvgIpc) is 3.32. The highest BCUT2D eigenvalue weighted by Crippen LogP contribution is 2.16. The Hall–Kier alpha value is -2.79. The van der Waals surface area contributed by atoms with Gasteiger partial charge in [-0.2, -0.15) is 0 Å². The summed E-state index contributed by atoms with van der Waals surface area (Å²) >= 11 is 0. The molecule has 2 aromatic heterocycles. The summed E-state index contributed by atoms with van der Waals surface area (Å²) in [6.45, 7) is 6.14. The van der Waals surface area contributed by atoms with E-state index < -0.39 is 0 Å². The standard InChI is InChI=1S/C21H24N2O3/c1-16(2)23(14-17-7-4-3-5-8-17)15-19-10-11-20(26-19)21(24)22-13-18-9-6-12-25-18/h3-12,16H,13-15H2,1-2H3,(H,22,24). The topological polar surface area (TPSA) is 58.6 Å².